The van der Waals surface area contributed by atoms with Gasteiger partial charge in [0.15, 0.2) is 0 Å². The van der Waals surface area contributed by atoms with E-state index in [1.54, 1.807) is 6.92 Å². The average molecular weight is 391 g/mol. The van der Waals surface area contributed by atoms with Gasteiger partial charge >= 0.3 is 0 Å². The normalized spacial score (nSPS) is 12.3. The zero-order chi connectivity index (χ0) is 20.2. The van der Waals surface area contributed by atoms with E-state index in [1.165, 1.54) is 25.1 Å². The van der Waals surface area contributed by atoms with Gasteiger partial charge in [0.05, 0.1) is 28.5 Å². The molecule has 0 saturated carbocycles. The molecule has 144 valence electrons. The van der Waals surface area contributed by atoms with Gasteiger partial charge in [-0.05, 0) is 25.5 Å². The van der Waals surface area contributed by atoms with E-state index in [2.05, 4.69) is 5.32 Å². The zero-order valence-corrected chi connectivity index (χ0v) is 16.1. The van der Waals surface area contributed by atoms with E-state index in [0.717, 1.165) is 16.1 Å². The number of hydrogen-bond acceptors (Lipinski definition) is 5. The summed E-state index contributed by atoms with van der Waals surface area (Å²) in [5, 5.41) is 13.9. The Hall–Kier alpha value is -2.94. The molecule has 0 bridgehead atoms. The molecule has 0 radical (unpaired) electrons. The topological polar surface area (TPSA) is 110 Å². The predicted molar refractivity (Wildman–Crippen MR) is 103 cm³/mol. The van der Waals surface area contributed by atoms with Crippen LogP contribution in [-0.4, -0.2) is 32.0 Å². The van der Waals surface area contributed by atoms with Gasteiger partial charge in [0.1, 0.15) is 6.54 Å². The molecule has 0 aliphatic carbocycles. The molecule has 1 amide bonds. The molecule has 0 aromatic heterocycles. The summed E-state index contributed by atoms with van der Waals surface area (Å²) in [7, 11) is -3.83. The van der Waals surface area contributed by atoms with Crippen molar-refractivity contribution in [1.29, 1.82) is 0 Å². The van der Waals surface area contributed by atoms with Crippen LogP contribution in [-0.2, 0) is 14.8 Å². The lowest BCUT2D eigenvalue weighted by molar-refractivity contribution is -0.385. The number of nitrogens with one attached hydrogen (secondary N) is 1. The van der Waals surface area contributed by atoms with Crippen LogP contribution < -0.4 is 9.62 Å². The minimum atomic E-state index is -3.83. The van der Waals surface area contributed by atoms with Gasteiger partial charge in [-0.15, -0.1) is 0 Å². The molecule has 0 heterocycles. The predicted octanol–water partition coefficient (Wildman–Crippen LogP) is 2.55. The first-order valence-electron chi connectivity index (χ1n) is 8.17. The number of nitro groups is 1. The van der Waals surface area contributed by atoms with Gasteiger partial charge in [0.25, 0.3) is 5.69 Å². The van der Waals surface area contributed by atoms with Crippen molar-refractivity contribution >= 4 is 27.3 Å². The number of anilines is 1. The molecular weight excluding hydrogens is 370 g/mol. The largest absolute Gasteiger partial charge is 0.348 e. The fourth-order valence-electron chi connectivity index (χ4n) is 2.70. The molecule has 0 spiro atoms. The van der Waals surface area contributed by atoms with Crippen LogP contribution in [0.25, 0.3) is 0 Å². The lowest BCUT2D eigenvalue weighted by atomic mass is 10.1. The summed E-state index contributed by atoms with van der Waals surface area (Å²) in [6.45, 7) is 2.77. The quantitative estimate of drug-likeness (QED) is 0.576. The van der Waals surface area contributed by atoms with Crippen LogP contribution in [0.3, 0.4) is 0 Å². The maximum Gasteiger partial charge on any atom is 0.274 e. The Kier molecular flexibility index (Phi) is 6.17. The highest BCUT2D eigenvalue weighted by atomic mass is 32.2. The Morgan fingerprint density at radius 2 is 1.81 bits per heavy atom. The third-order valence-electron chi connectivity index (χ3n) is 4.11. The number of nitro benzene ring substituents is 1. The second-order valence-electron chi connectivity index (χ2n) is 6.15. The second-order valence-corrected chi connectivity index (χ2v) is 8.05. The van der Waals surface area contributed by atoms with Crippen molar-refractivity contribution in [2.24, 2.45) is 0 Å². The molecule has 0 saturated heterocycles. The summed E-state index contributed by atoms with van der Waals surface area (Å²) in [6, 6.07) is 13.0. The van der Waals surface area contributed by atoms with E-state index >= 15 is 0 Å². The number of rotatable bonds is 7. The smallest absolute Gasteiger partial charge is 0.274 e. The van der Waals surface area contributed by atoms with Gasteiger partial charge in [0.2, 0.25) is 15.9 Å². The van der Waals surface area contributed by atoms with Crippen LogP contribution in [0.1, 0.15) is 24.1 Å². The molecule has 1 atom stereocenters. The molecule has 2 aromatic carbocycles. The minimum Gasteiger partial charge on any atom is -0.348 e. The number of benzene rings is 2. The molecule has 0 aliphatic heterocycles. The highest BCUT2D eigenvalue weighted by Crippen LogP contribution is 2.29. The summed E-state index contributed by atoms with van der Waals surface area (Å²) in [5.74, 6) is -0.511. The van der Waals surface area contributed by atoms with Crippen LogP contribution in [0, 0.1) is 17.0 Å². The van der Waals surface area contributed by atoms with Crippen molar-refractivity contribution in [3.63, 3.8) is 0 Å². The molecular formula is C18H21N3O5S. The third-order valence-corrected chi connectivity index (χ3v) is 5.23. The molecule has 2 aromatic rings. The van der Waals surface area contributed by atoms with Crippen molar-refractivity contribution in [2.45, 2.75) is 19.9 Å². The number of amides is 1. The van der Waals surface area contributed by atoms with Crippen molar-refractivity contribution < 1.29 is 18.1 Å². The Bertz CT molecular complexity index is 945. The number of carbonyl (C=O) groups is 1. The summed E-state index contributed by atoms with van der Waals surface area (Å²) < 4.78 is 25.3. The van der Waals surface area contributed by atoms with E-state index in [4.69, 9.17) is 0 Å². The molecule has 1 N–H and O–H groups in total. The number of nitrogens with zero attached hydrogens (tertiary/aromatic N) is 2. The fourth-order valence-corrected chi connectivity index (χ4v) is 3.61. The van der Waals surface area contributed by atoms with Gasteiger partial charge in [-0.25, -0.2) is 8.42 Å². The van der Waals surface area contributed by atoms with Crippen LogP contribution in [0.4, 0.5) is 11.4 Å². The molecule has 9 heteroatoms. The summed E-state index contributed by atoms with van der Waals surface area (Å²) in [5.41, 5.74) is 0.952. The van der Waals surface area contributed by atoms with Crippen molar-refractivity contribution in [3.8, 4) is 0 Å². The highest BCUT2D eigenvalue weighted by molar-refractivity contribution is 7.92. The maximum absolute atomic E-state index is 12.4. The van der Waals surface area contributed by atoms with Crippen LogP contribution in [0.5, 0.6) is 0 Å². The Morgan fingerprint density at radius 1 is 1.19 bits per heavy atom. The summed E-state index contributed by atoms with van der Waals surface area (Å²) in [4.78, 5) is 23.0. The summed E-state index contributed by atoms with van der Waals surface area (Å²) >= 11 is 0. The molecule has 8 nitrogen and oxygen atoms in total. The number of hydrogen-bond donors (Lipinski definition) is 1. The SMILES string of the molecule is Cc1c(N(CC(=O)N[C@H](C)c2ccccc2)S(C)(=O)=O)cccc1[N+](=O)[O-]. The standard InChI is InChI=1S/C18H21N3O5S/c1-13-16(10-7-11-17(13)21(23)24)20(27(3,25)26)12-18(22)19-14(2)15-8-5-4-6-9-15/h4-11,14H,12H2,1-3H3,(H,19,22)/t14-/m1/s1. The van der Waals surface area contributed by atoms with Crippen molar-refractivity contribution in [1.82, 2.24) is 5.32 Å². The first-order valence-corrected chi connectivity index (χ1v) is 10.0. The fraction of sp³-hybridized carbons (Fsp3) is 0.278. The van der Waals surface area contributed by atoms with Crippen LogP contribution in [0.2, 0.25) is 0 Å². The molecule has 27 heavy (non-hydrogen) atoms. The van der Waals surface area contributed by atoms with E-state index in [9.17, 15) is 23.3 Å². The Morgan fingerprint density at radius 3 is 2.37 bits per heavy atom. The maximum atomic E-state index is 12.4. The lowest BCUT2D eigenvalue weighted by Gasteiger charge is -2.24. The summed E-state index contributed by atoms with van der Waals surface area (Å²) in [6.07, 6.45) is 0.958. The van der Waals surface area contributed by atoms with Crippen molar-refractivity contribution in [3.05, 3.63) is 69.8 Å². The molecule has 0 aliphatic rings. The van der Waals surface area contributed by atoms with Crippen LogP contribution in [0.15, 0.2) is 48.5 Å². The third kappa shape index (κ3) is 5.04. The van der Waals surface area contributed by atoms with Crippen LogP contribution >= 0.6 is 0 Å². The van der Waals surface area contributed by atoms with E-state index in [0.29, 0.717) is 0 Å². The monoisotopic (exact) mass is 391 g/mol. The van der Waals surface area contributed by atoms with Crippen molar-refractivity contribution in [2.75, 3.05) is 17.1 Å². The van der Waals surface area contributed by atoms with Gasteiger partial charge in [-0.3, -0.25) is 19.2 Å². The van der Waals surface area contributed by atoms with Gasteiger partial charge < -0.3 is 5.32 Å². The lowest BCUT2D eigenvalue weighted by Crippen LogP contribution is -2.41. The zero-order valence-electron chi connectivity index (χ0n) is 15.2. The van der Waals surface area contributed by atoms with Gasteiger partial charge in [0, 0.05) is 6.07 Å². The minimum absolute atomic E-state index is 0.106. The van der Waals surface area contributed by atoms with E-state index < -0.39 is 27.4 Å². The van der Waals surface area contributed by atoms with Gasteiger partial charge in [-0.2, -0.15) is 0 Å². The first-order chi connectivity index (χ1) is 12.6. The average Bonchev–Trinajstić information content (AvgIpc) is 2.59. The number of sulfonamides is 1. The molecule has 2 rings (SSSR count). The second kappa shape index (κ2) is 8.17. The highest BCUT2D eigenvalue weighted by Gasteiger charge is 2.26. The Labute approximate surface area is 158 Å². The van der Waals surface area contributed by atoms with E-state index in [1.807, 2.05) is 30.3 Å². The van der Waals surface area contributed by atoms with Gasteiger partial charge in [-0.1, -0.05) is 36.4 Å². The molecule has 0 unspecified atom stereocenters. The van der Waals surface area contributed by atoms with E-state index in [-0.39, 0.29) is 23.0 Å². The first kappa shape index (κ1) is 20.4. The number of carbonyl (C=O) groups excluding carboxylic acids is 1. The molecule has 0 fully saturated rings. The Balaban J connectivity index is 2.27.